The predicted molar refractivity (Wildman–Crippen MR) is 121 cm³/mol. The molecule has 158 valence electrons. The van der Waals surface area contributed by atoms with E-state index in [4.69, 9.17) is 33.8 Å². The fourth-order valence-electron chi connectivity index (χ4n) is 2.70. The lowest BCUT2D eigenvalue weighted by atomic mass is 10.1. The van der Waals surface area contributed by atoms with Crippen molar-refractivity contribution in [1.82, 2.24) is 14.9 Å². The van der Waals surface area contributed by atoms with E-state index in [1.54, 1.807) is 25.1 Å². The van der Waals surface area contributed by atoms with E-state index in [2.05, 4.69) is 21.6 Å². The van der Waals surface area contributed by atoms with Gasteiger partial charge in [0, 0.05) is 0 Å². The van der Waals surface area contributed by atoms with Crippen molar-refractivity contribution in [3.8, 4) is 5.75 Å². The number of thioether (sulfide) groups is 1. The number of hydrogen-bond donors (Lipinski definition) is 2. The molecule has 0 aliphatic heterocycles. The molecule has 0 aliphatic rings. The predicted octanol–water partition coefficient (Wildman–Crippen LogP) is 4.61. The number of nitrogens with one attached hydrogen (secondary N) is 1. The van der Waals surface area contributed by atoms with Crippen molar-refractivity contribution in [2.45, 2.75) is 37.8 Å². The van der Waals surface area contributed by atoms with Gasteiger partial charge in [0.25, 0.3) is 0 Å². The Morgan fingerprint density at radius 1 is 1.23 bits per heavy atom. The largest absolute Gasteiger partial charge is 0.486 e. The van der Waals surface area contributed by atoms with Crippen molar-refractivity contribution in [2.24, 2.45) is 0 Å². The van der Waals surface area contributed by atoms with E-state index in [0.29, 0.717) is 21.7 Å². The number of amides is 1. The van der Waals surface area contributed by atoms with Crippen molar-refractivity contribution in [1.29, 1.82) is 0 Å². The third-order valence-electron chi connectivity index (χ3n) is 4.16. The highest BCUT2D eigenvalue weighted by atomic mass is 35.5. The van der Waals surface area contributed by atoms with Crippen LogP contribution < -0.4 is 15.9 Å². The average molecular weight is 466 g/mol. The quantitative estimate of drug-likeness (QED) is 0.390. The summed E-state index contributed by atoms with van der Waals surface area (Å²) in [4.78, 5) is 12.5. The fourth-order valence-corrected chi connectivity index (χ4v) is 3.83. The molecule has 1 unspecified atom stereocenters. The van der Waals surface area contributed by atoms with E-state index < -0.39 is 5.25 Å². The van der Waals surface area contributed by atoms with E-state index in [9.17, 15) is 4.79 Å². The number of carbonyl (C=O) groups excluding carboxylic acids is 1. The zero-order valence-electron chi connectivity index (χ0n) is 16.6. The van der Waals surface area contributed by atoms with Gasteiger partial charge in [-0.3, -0.25) is 4.79 Å². The van der Waals surface area contributed by atoms with Gasteiger partial charge in [0.1, 0.15) is 12.4 Å². The summed E-state index contributed by atoms with van der Waals surface area (Å²) < 4.78 is 7.11. The van der Waals surface area contributed by atoms with Crippen LogP contribution in [0.25, 0.3) is 0 Å². The maximum Gasteiger partial charge on any atom is 0.237 e. The normalized spacial score (nSPS) is 11.9. The molecule has 1 heterocycles. The lowest BCUT2D eigenvalue weighted by Crippen LogP contribution is -2.24. The number of nitrogens with zero attached hydrogens (tertiary/aromatic N) is 3. The van der Waals surface area contributed by atoms with Crippen LogP contribution in [0.2, 0.25) is 10.0 Å². The third-order valence-corrected chi connectivity index (χ3v) is 6.03. The third kappa shape index (κ3) is 5.38. The van der Waals surface area contributed by atoms with Gasteiger partial charge >= 0.3 is 0 Å². The van der Waals surface area contributed by atoms with E-state index in [1.165, 1.54) is 16.4 Å². The summed E-state index contributed by atoms with van der Waals surface area (Å²) in [6, 6.07) is 11.0. The van der Waals surface area contributed by atoms with E-state index in [-0.39, 0.29) is 17.5 Å². The summed E-state index contributed by atoms with van der Waals surface area (Å²) in [5.41, 5.74) is 2.66. The number of carbonyl (C=O) groups is 1. The molecule has 3 N–H and O–H groups in total. The van der Waals surface area contributed by atoms with Gasteiger partial charge in [0.05, 0.1) is 21.0 Å². The molecule has 30 heavy (non-hydrogen) atoms. The number of rotatable bonds is 7. The minimum Gasteiger partial charge on any atom is -0.486 e. The first-order chi connectivity index (χ1) is 14.2. The Hall–Kier alpha value is -2.42. The van der Waals surface area contributed by atoms with E-state index in [1.807, 2.05) is 26.0 Å². The molecule has 1 amide bonds. The van der Waals surface area contributed by atoms with Gasteiger partial charge in [0.15, 0.2) is 5.82 Å². The van der Waals surface area contributed by atoms with Crippen molar-refractivity contribution >= 4 is 46.6 Å². The van der Waals surface area contributed by atoms with Crippen LogP contribution in [0, 0.1) is 13.8 Å². The van der Waals surface area contributed by atoms with Crippen LogP contribution in [0.15, 0.2) is 41.6 Å². The van der Waals surface area contributed by atoms with Crippen molar-refractivity contribution in [3.05, 3.63) is 63.4 Å². The number of aryl methyl sites for hydroxylation is 2. The number of hydrogen-bond acceptors (Lipinski definition) is 6. The number of nitrogens with two attached hydrogens (primary N) is 1. The van der Waals surface area contributed by atoms with Crippen LogP contribution in [-0.2, 0) is 11.4 Å². The summed E-state index contributed by atoms with van der Waals surface area (Å²) in [6.07, 6.45) is 0. The van der Waals surface area contributed by atoms with E-state index in [0.717, 1.165) is 16.9 Å². The first-order valence-electron chi connectivity index (χ1n) is 9.06. The summed E-state index contributed by atoms with van der Waals surface area (Å²) in [6.45, 7) is 5.90. The Morgan fingerprint density at radius 2 is 1.93 bits per heavy atom. The summed E-state index contributed by atoms with van der Waals surface area (Å²) in [5, 5.41) is 11.4. The summed E-state index contributed by atoms with van der Waals surface area (Å²) in [7, 11) is 0. The first-order valence-corrected chi connectivity index (χ1v) is 10.7. The van der Waals surface area contributed by atoms with Gasteiger partial charge in [-0.05, 0) is 56.2 Å². The smallest absolute Gasteiger partial charge is 0.237 e. The van der Waals surface area contributed by atoms with Gasteiger partial charge in [-0.2, -0.15) is 0 Å². The molecule has 1 atom stereocenters. The number of aromatic nitrogens is 3. The zero-order valence-corrected chi connectivity index (χ0v) is 19.0. The molecular weight excluding hydrogens is 445 g/mol. The maximum absolute atomic E-state index is 12.5. The number of anilines is 1. The van der Waals surface area contributed by atoms with Crippen LogP contribution >= 0.6 is 35.0 Å². The minimum absolute atomic E-state index is 0.158. The van der Waals surface area contributed by atoms with Gasteiger partial charge in [-0.25, -0.2) is 4.68 Å². The van der Waals surface area contributed by atoms with Crippen LogP contribution in [0.1, 0.15) is 23.9 Å². The number of nitrogen functional groups attached to an aromatic ring is 1. The zero-order chi connectivity index (χ0) is 21.8. The molecular formula is C20H21Cl2N5O2S. The summed E-state index contributed by atoms with van der Waals surface area (Å²) >= 11 is 13.3. The second-order valence-electron chi connectivity index (χ2n) is 6.73. The van der Waals surface area contributed by atoms with Gasteiger partial charge in [-0.1, -0.05) is 47.1 Å². The maximum atomic E-state index is 12.5. The first kappa shape index (κ1) is 22.3. The highest BCUT2D eigenvalue weighted by Crippen LogP contribution is 2.30. The molecule has 3 rings (SSSR count). The van der Waals surface area contributed by atoms with Gasteiger partial charge in [-0.15, -0.1) is 10.2 Å². The molecule has 0 radical (unpaired) electrons. The van der Waals surface area contributed by atoms with Crippen LogP contribution in [0.4, 0.5) is 5.69 Å². The van der Waals surface area contributed by atoms with Crippen LogP contribution in [0.3, 0.4) is 0 Å². The lowest BCUT2D eigenvalue weighted by molar-refractivity contribution is -0.115. The molecule has 10 heteroatoms. The molecule has 0 saturated heterocycles. The Labute approximate surface area is 188 Å². The lowest BCUT2D eigenvalue weighted by Gasteiger charge is -2.13. The highest BCUT2D eigenvalue weighted by molar-refractivity contribution is 8.00. The molecule has 0 bridgehead atoms. The average Bonchev–Trinajstić information content (AvgIpc) is 3.02. The van der Waals surface area contributed by atoms with Gasteiger partial charge < -0.3 is 15.9 Å². The van der Waals surface area contributed by atoms with E-state index >= 15 is 0 Å². The molecule has 0 spiro atoms. The topological polar surface area (TPSA) is 95.1 Å². The second-order valence-corrected chi connectivity index (χ2v) is 8.82. The van der Waals surface area contributed by atoms with Crippen molar-refractivity contribution < 1.29 is 9.53 Å². The number of ether oxygens (including phenoxy) is 1. The highest BCUT2D eigenvalue weighted by Gasteiger charge is 2.20. The number of halogens is 2. The fraction of sp³-hybridized carbons (Fsp3) is 0.250. The van der Waals surface area contributed by atoms with Crippen molar-refractivity contribution in [2.75, 3.05) is 11.2 Å². The Balaban J connectivity index is 1.62. The standard InChI is InChI=1S/C20H21Cl2N5O2S/c1-11-7-12(2)9-14(8-11)29-10-17-25-26-20(27(17)23)30-13(3)19(28)24-16-6-4-5-15(21)18(16)22/h4-9,13H,10,23H2,1-3H3,(H,24,28). The summed E-state index contributed by atoms with van der Waals surface area (Å²) in [5.74, 6) is 7.01. The minimum atomic E-state index is -0.500. The van der Waals surface area contributed by atoms with Crippen molar-refractivity contribution in [3.63, 3.8) is 0 Å². The monoisotopic (exact) mass is 465 g/mol. The Bertz CT molecular complexity index is 1050. The molecule has 2 aromatic carbocycles. The second kappa shape index (κ2) is 9.59. The van der Waals surface area contributed by atoms with Crippen LogP contribution in [-0.4, -0.2) is 26.0 Å². The Morgan fingerprint density at radius 3 is 2.63 bits per heavy atom. The molecule has 7 nitrogen and oxygen atoms in total. The SMILES string of the molecule is Cc1cc(C)cc(OCc2nnc(SC(C)C(=O)Nc3cccc(Cl)c3Cl)n2N)c1. The Kier molecular flexibility index (Phi) is 7.12. The van der Waals surface area contributed by atoms with Crippen LogP contribution in [0.5, 0.6) is 5.75 Å². The number of benzene rings is 2. The molecule has 1 aromatic heterocycles. The molecule has 0 fully saturated rings. The molecule has 0 aliphatic carbocycles. The molecule has 0 saturated carbocycles. The molecule has 3 aromatic rings. The van der Waals surface area contributed by atoms with Gasteiger partial charge in [0.2, 0.25) is 11.1 Å².